The number of aromatic hydroxyl groups is 1. The highest BCUT2D eigenvalue weighted by atomic mass is 35.5. The number of aromatic nitrogens is 1. The molecule has 0 fully saturated rings. The van der Waals surface area contributed by atoms with Gasteiger partial charge in [0.05, 0.1) is 47.7 Å². The van der Waals surface area contributed by atoms with Gasteiger partial charge in [0.2, 0.25) is 0 Å². The van der Waals surface area contributed by atoms with Crippen molar-refractivity contribution in [2.24, 2.45) is 4.99 Å². The predicted octanol–water partition coefficient (Wildman–Crippen LogP) is 4.75. The van der Waals surface area contributed by atoms with Gasteiger partial charge in [0.15, 0.2) is 27.8 Å². The Labute approximate surface area is 256 Å². The summed E-state index contributed by atoms with van der Waals surface area (Å²) >= 11 is 7.51. The van der Waals surface area contributed by atoms with Gasteiger partial charge in [0, 0.05) is 0 Å². The number of carbonyl (C=O) groups is 1. The van der Waals surface area contributed by atoms with E-state index in [4.69, 9.17) is 30.5 Å². The lowest BCUT2D eigenvalue weighted by Crippen LogP contribution is -2.40. The summed E-state index contributed by atoms with van der Waals surface area (Å²) in [6.45, 7) is 3.90. The molecule has 1 N–H and O–H groups in total. The lowest BCUT2D eigenvalue weighted by atomic mass is 9.95. The molecular weight excluding hydrogens is 592 g/mol. The third-order valence-corrected chi connectivity index (χ3v) is 8.10. The Balaban J connectivity index is 1.60. The van der Waals surface area contributed by atoms with Gasteiger partial charge in [-0.2, -0.15) is 0 Å². The molecule has 1 aliphatic rings. The molecule has 3 aromatic carbocycles. The van der Waals surface area contributed by atoms with Crippen molar-refractivity contribution in [1.82, 2.24) is 4.57 Å². The molecule has 1 aliphatic heterocycles. The van der Waals surface area contributed by atoms with Gasteiger partial charge < -0.3 is 24.1 Å². The number of fused-ring (bicyclic) bond motifs is 1. The minimum Gasteiger partial charge on any atom is -0.503 e. The van der Waals surface area contributed by atoms with Gasteiger partial charge in [-0.1, -0.05) is 59.3 Å². The fraction of sp³-hybridized carbons (Fsp3) is 0.219. The molecule has 0 amide bonds. The van der Waals surface area contributed by atoms with Crippen molar-refractivity contribution in [2.75, 3.05) is 20.8 Å². The zero-order chi connectivity index (χ0) is 30.7. The fourth-order valence-electron chi connectivity index (χ4n) is 4.79. The number of methoxy groups -OCH3 is 2. The van der Waals surface area contributed by atoms with Gasteiger partial charge >= 0.3 is 5.97 Å². The number of benzene rings is 3. The van der Waals surface area contributed by atoms with E-state index in [2.05, 4.69) is 4.99 Å². The van der Waals surface area contributed by atoms with Crippen LogP contribution in [-0.4, -0.2) is 36.5 Å². The van der Waals surface area contributed by atoms with Gasteiger partial charge in [-0.25, -0.2) is 9.79 Å². The monoisotopic (exact) mass is 620 g/mol. The minimum atomic E-state index is -0.923. The minimum absolute atomic E-state index is 0.0102. The zero-order valence-electron chi connectivity index (χ0n) is 23.9. The molecule has 4 aromatic rings. The van der Waals surface area contributed by atoms with E-state index in [0.717, 1.165) is 5.56 Å². The third kappa shape index (κ3) is 6.02. The molecule has 0 saturated heterocycles. The van der Waals surface area contributed by atoms with Crippen LogP contribution in [0.25, 0.3) is 6.08 Å². The van der Waals surface area contributed by atoms with Crippen LogP contribution in [0, 0.1) is 0 Å². The molecule has 1 aromatic heterocycles. The van der Waals surface area contributed by atoms with E-state index in [1.54, 1.807) is 45.2 Å². The summed E-state index contributed by atoms with van der Waals surface area (Å²) in [4.78, 5) is 32.1. The standard InChI is InChI=1S/C32H29ClN2O7S/c1-5-41-31(38)27-18(2)34-32-35(28(27)21-15-22(33)29(36)25(16-21)40-4)30(37)26(43-32)14-20-11-12-23(24(13-20)39-3)42-17-19-9-7-6-8-10-19/h6-16,28,36H,5,17H2,1-4H3/b26-14+. The van der Waals surface area contributed by atoms with Crippen LogP contribution in [-0.2, 0) is 16.1 Å². The summed E-state index contributed by atoms with van der Waals surface area (Å²) < 4.78 is 24.0. The summed E-state index contributed by atoms with van der Waals surface area (Å²) in [5.41, 5.74) is 2.41. The molecule has 1 unspecified atom stereocenters. The number of esters is 1. The summed E-state index contributed by atoms with van der Waals surface area (Å²) in [5.74, 6) is 0.328. The summed E-state index contributed by atoms with van der Waals surface area (Å²) in [7, 11) is 2.94. The molecule has 9 nitrogen and oxygen atoms in total. The van der Waals surface area contributed by atoms with Gasteiger partial charge in [0.1, 0.15) is 6.61 Å². The lowest BCUT2D eigenvalue weighted by Gasteiger charge is -2.25. The third-order valence-electron chi connectivity index (χ3n) is 6.83. The maximum Gasteiger partial charge on any atom is 0.338 e. The van der Waals surface area contributed by atoms with Gasteiger partial charge in [-0.05, 0) is 60.9 Å². The maximum atomic E-state index is 14.0. The molecule has 43 heavy (non-hydrogen) atoms. The summed E-state index contributed by atoms with van der Waals surface area (Å²) in [6.07, 6.45) is 1.73. The van der Waals surface area contributed by atoms with Gasteiger partial charge in [-0.15, -0.1) is 0 Å². The molecule has 0 spiro atoms. The van der Waals surface area contributed by atoms with Crippen LogP contribution in [0.2, 0.25) is 5.02 Å². The van der Waals surface area contributed by atoms with Crippen LogP contribution in [0.5, 0.6) is 23.0 Å². The van der Waals surface area contributed by atoms with Crippen LogP contribution >= 0.6 is 22.9 Å². The van der Waals surface area contributed by atoms with E-state index >= 15 is 0 Å². The Morgan fingerprint density at radius 2 is 1.81 bits per heavy atom. The Hall–Kier alpha value is -4.54. The van der Waals surface area contributed by atoms with Crippen LogP contribution in [0.1, 0.15) is 36.6 Å². The normalized spacial score (nSPS) is 14.6. The van der Waals surface area contributed by atoms with E-state index in [-0.39, 0.29) is 34.3 Å². The Morgan fingerprint density at radius 1 is 1.07 bits per heavy atom. The molecule has 0 radical (unpaired) electrons. The number of ether oxygens (including phenoxy) is 4. The summed E-state index contributed by atoms with van der Waals surface area (Å²) in [6, 6.07) is 17.3. The molecule has 222 valence electrons. The highest BCUT2D eigenvalue weighted by molar-refractivity contribution is 7.07. The van der Waals surface area contributed by atoms with Crippen LogP contribution in [0.3, 0.4) is 0 Å². The lowest BCUT2D eigenvalue weighted by molar-refractivity contribution is -0.139. The highest BCUT2D eigenvalue weighted by Gasteiger charge is 2.34. The number of carbonyl (C=O) groups excluding carboxylic acids is 1. The van der Waals surface area contributed by atoms with Crippen molar-refractivity contribution >= 4 is 35.0 Å². The molecule has 0 saturated carbocycles. The topological polar surface area (TPSA) is 109 Å². The second kappa shape index (κ2) is 12.8. The Kier molecular flexibility index (Phi) is 8.89. The van der Waals surface area contributed by atoms with Crippen LogP contribution in [0.15, 0.2) is 81.7 Å². The smallest absolute Gasteiger partial charge is 0.338 e. The molecular formula is C32H29ClN2O7S. The quantitative estimate of drug-likeness (QED) is 0.269. The average Bonchev–Trinajstić information content (AvgIpc) is 3.31. The van der Waals surface area contributed by atoms with Crippen molar-refractivity contribution in [3.63, 3.8) is 0 Å². The first-order valence-corrected chi connectivity index (χ1v) is 14.6. The van der Waals surface area contributed by atoms with E-state index < -0.39 is 12.0 Å². The van der Waals surface area contributed by atoms with Gasteiger partial charge in [0.25, 0.3) is 5.56 Å². The number of phenolic OH excluding ortho intramolecular Hbond substituents is 1. The van der Waals surface area contributed by atoms with Crippen molar-refractivity contribution in [2.45, 2.75) is 26.5 Å². The second-order valence-corrected chi connectivity index (χ2v) is 11.0. The second-order valence-electron chi connectivity index (χ2n) is 9.54. The number of hydrogen-bond acceptors (Lipinski definition) is 9. The molecule has 11 heteroatoms. The number of hydrogen-bond donors (Lipinski definition) is 1. The van der Waals surface area contributed by atoms with Crippen LogP contribution in [0.4, 0.5) is 0 Å². The zero-order valence-corrected chi connectivity index (χ0v) is 25.5. The van der Waals surface area contributed by atoms with Crippen LogP contribution < -0.4 is 29.1 Å². The molecule has 2 heterocycles. The van der Waals surface area contributed by atoms with Gasteiger partial charge in [-0.3, -0.25) is 9.36 Å². The number of rotatable bonds is 9. The number of halogens is 1. The number of phenols is 1. The molecule has 5 rings (SSSR count). The average molecular weight is 621 g/mol. The largest absolute Gasteiger partial charge is 0.503 e. The van der Waals surface area contributed by atoms with Crippen molar-refractivity contribution in [3.05, 3.63) is 113 Å². The Morgan fingerprint density at radius 3 is 2.51 bits per heavy atom. The molecule has 1 atom stereocenters. The first kappa shape index (κ1) is 29.9. The van der Waals surface area contributed by atoms with E-state index in [9.17, 15) is 14.7 Å². The fourth-order valence-corrected chi connectivity index (χ4v) is 6.06. The number of thiazole rings is 1. The molecule has 0 aliphatic carbocycles. The van der Waals surface area contributed by atoms with E-state index in [1.165, 1.54) is 29.1 Å². The summed E-state index contributed by atoms with van der Waals surface area (Å²) in [5, 5.41) is 10.3. The first-order chi connectivity index (χ1) is 20.7. The highest BCUT2D eigenvalue weighted by Crippen LogP contribution is 2.40. The number of nitrogens with zero attached hydrogens (tertiary/aromatic N) is 2. The Bertz CT molecular complexity index is 1900. The van der Waals surface area contributed by atoms with Crippen molar-refractivity contribution in [1.29, 1.82) is 0 Å². The first-order valence-electron chi connectivity index (χ1n) is 13.4. The number of allylic oxidation sites excluding steroid dienone is 1. The molecule has 0 bridgehead atoms. The SMILES string of the molecule is CCOC(=O)C1=C(C)N=c2s/c(=C/c3ccc(OCc4ccccc4)c(OC)c3)c(=O)n2C1c1cc(Cl)c(O)c(OC)c1. The van der Waals surface area contributed by atoms with E-state index in [1.807, 2.05) is 36.4 Å². The van der Waals surface area contributed by atoms with E-state index in [0.29, 0.717) is 44.3 Å². The predicted molar refractivity (Wildman–Crippen MR) is 164 cm³/mol. The maximum absolute atomic E-state index is 14.0. The van der Waals surface area contributed by atoms with Crippen molar-refractivity contribution < 1.29 is 28.8 Å². The van der Waals surface area contributed by atoms with Crippen molar-refractivity contribution in [3.8, 4) is 23.0 Å².